The number of benzene rings is 2. The van der Waals surface area contributed by atoms with Gasteiger partial charge >= 0.3 is 5.97 Å². The van der Waals surface area contributed by atoms with Gasteiger partial charge in [0.25, 0.3) is 5.91 Å². The Morgan fingerprint density at radius 1 is 1.00 bits per heavy atom. The molecule has 28 heavy (non-hydrogen) atoms. The van der Waals surface area contributed by atoms with E-state index in [1.165, 1.54) is 19.2 Å². The highest BCUT2D eigenvalue weighted by Crippen LogP contribution is 2.22. The number of hydrogen-bond acceptors (Lipinski definition) is 4. The molecule has 1 amide bonds. The number of amides is 1. The van der Waals surface area contributed by atoms with Gasteiger partial charge in [-0.25, -0.2) is 4.79 Å². The summed E-state index contributed by atoms with van der Waals surface area (Å²) in [6, 6.07) is 17.5. The van der Waals surface area contributed by atoms with Crippen LogP contribution in [0.4, 0.5) is 5.69 Å². The first kappa shape index (κ1) is 19.1. The first-order valence-electron chi connectivity index (χ1n) is 8.77. The number of carbonyl (C=O) groups excluding carboxylic acids is 3. The molecule has 3 rings (SSSR count). The normalized spacial score (nSPS) is 11.5. The Bertz CT molecular complexity index is 991. The van der Waals surface area contributed by atoms with Gasteiger partial charge in [-0.1, -0.05) is 48.0 Å². The van der Waals surface area contributed by atoms with Gasteiger partial charge in [-0.3, -0.25) is 9.59 Å². The zero-order chi connectivity index (χ0) is 20.1. The molecule has 2 N–H and O–H groups in total. The highest BCUT2D eigenvalue weighted by atomic mass is 16.5. The first-order chi connectivity index (χ1) is 13.4. The maximum absolute atomic E-state index is 12.8. The van der Waals surface area contributed by atoms with Crippen LogP contribution >= 0.6 is 0 Å². The molecule has 0 saturated carbocycles. The second kappa shape index (κ2) is 8.35. The summed E-state index contributed by atoms with van der Waals surface area (Å²) >= 11 is 0. The van der Waals surface area contributed by atoms with Crippen LogP contribution in [0.15, 0.2) is 66.9 Å². The Morgan fingerprint density at radius 2 is 1.68 bits per heavy atom. The minimum absolute atomic E-state index is 0.106. The summed E-state index contributed by atoms with van der Waals surface area (Å²) in [5.74, 6) is -1.37. The van der Waals surface area contributed by atoms with Crippen LogP contribution in [-0.2, 0) is 9.53 Å². The number of carbonyl (C=O) groups is 3. The first-order valence-corrected chi connectivity index (χ1v) is 8.77. The van der Waals surface area contributed by atoms with Crippen molar-refractivity contribution in [3.05, 3.63) is 89.2 Å². The summed E-state index contributed by atoms with van der Waals surface area (Å²) in [7, 11) is 0. The zero-order valence-corrected chi connectivity index (χ0v) is 15.6. The fourth-order valence-corrected chi connectivity index (χ4v) is 2.63. The molecule has 142 valence electrons. The van der Waals surface area contributed by atoms with Gasteiger partial charge in [0.15, 0.2) is 5.78 Å². The molecule has 6 heteroatoms. The molecule has 0 bridgehead atoms. The van der Waals surface area contributed by atoms with E-state index in [0.717, 1.165) is 5.56 Å². The monoisotopic (exact) mass is 376 g/mol. The van der Waals surface area contributed by atoms with Crippen molar-refractivity contribution in [3.63, 3.8) is 0 Å². The van der Waals surface area contributed by atoms with Crippen molar-refractivity contribution in [2.24, 2.45) is 0 Å². The SMILES string of the molecule is CC(=O)c1c[nH]c(C(=O)O[C@H](C(=O)Nc2ccc(C)cc2)c2ccccc2)c1. The van der Waals surface area contributed by atoms with Crippen molar-refractivity contribution >= 4 is 23.3 Å². The minimum Gasteiger partial charge on any atom is -0.443 e. The van der Waals surface area contributed by atoms with E-state index in [1.54, 1.807) is 36.4 Å². The zero-order valence-electron chi connectivity index (χ0n) is 15.6. The maximum Gasteiger partial charge on any atom is 0.355 e. The number of ketones is 1. The lowest BCUT2D eigenvalue weighted by molar-refractivity contribution is -0.125. The number of anilines is 1. The average molecular weight is 376 g/mol. The van der Waals surface area contributed by atoms with Gasteiger partial charge in [-0.2, -0.15) is 0 Å². The van der Waals surface area contributed by atoms with Crippen molar-refractivity contribution in [2.45, 2.75) is 20.0 Å². The van der Waals surface area contributed by atoms with E-state index in [1.807, 2.05) is 25.1 Å². The number of aromatic nitrogens is 1. The van der Waals surface area contributed by atoms with Gasteiger partial charge in [-0.05, 0) is 32.0 Å². The summed E-state index contributed by atoms with van der Waals surface area (Å²) in [5, 5.41) is 2.77. The van der Waals surface area contributed by atoms with Crippen LogP contribution in [0.3, 0.4) is 0 Å². The van der Waals surface area contributed by atoms with E-state index in [9.17, 15) is 14.4 Å². The van der Waals surface area contributed by atoms with Gasteiger partial charge in [0.05, 0.1) is 0 Å². The van der Waals surface area contributed by atoms with Crippen LogP contribution in [-0.4, -0.2) is 22.6 Å². The number of esters is 1. The minimum atomic E-state index is -1.14. The van der Waals surface area contributed by atoms with Crippen molar-refractivity contribution in [3.8, 4) is 0 Å². The molecular formula is C22H20N2O4. The van der Waals surface area contributed by atoms with Crippen LogP contribution in [0.25, 0.3) is 0 Å². The topological polar surface area (TPSA) is 88.3 Å². The highest BCUT2D eigenvalue weighted by Gasteiger charge is 2.26. The number of aromatic amines is 1. The van der Waals surface area contributed by atoms with Crippen molar-refractivity contribution in [2.75, 3.05) is 5.32 Å². The van der Waals surface area contributed by atoms with Crippen LogP contribution in [0.1, 0.15) is 45.0 Å². The molecule has 0 aliphatic heterocycles. The van der Waals surface area contributed by atoms with Crippen LogP contribution in [0.5, 0.6) is 0 Å². The Morgan fingerprint density at radius 3 is 2.29 bits per heavy atom. The summed E-state index contributed by atoms with van der Waals surface area (Å²) in [6.45, 7) is 3.35. The molecule has 2 aromatic carbocycles. The summed E-state index contributed by atoms with van der Waals surface area (Å²) in [6.07, 6.45) is 0.294. The third kappa shape index (κ3) is 4.54. The third-order valence-electron chi connectivity index (χ3n) is 4.19. The number of rotatable bonds is 6. The fraction of sp³-hybridized carbons (Fsp3) is 0.136. The lowest BCUT2D eigenvalue weighted by Gasteiger charge is -2.18. The number of aryl methyl sites for hydroxylation is 1. The molecule has 3 aromatic rings. The Hall–Kier alpha value is -3.67. The predicted octanol–water partition coefficient (Wildman–Crippen LogP) is 4.06. The van der Waals surface area contributed by atoms with Gasteiger partial charge in [0.1, 0.15) is 5.69 Å². The Kier molecular flexibility index (Phi) is 5.69. The highest BCUT2D eigenvalue weighted by molar-refractivity contribution is 5.99. The molecule has 0 fully saturated rings. The third-order valence-corrected chi connectivity index (χ3v) is 4.19. The molecule has 6 nitrogen and oxygen atoms in total. The molecule has 1 heterocycles. The molecule has 0 spiro atoms. The van der Waals surface area contributed by atoms with Gasteiger partial charge in [-0.15, -0.1) is 0 Å². The largest absolute Gasteiger partial charge is 0.443 e. The van der Waals surface area contributed by atoms with Crippen molar-refractivity contribution in [1.82, 2.24) is 4.98 Å². The standard InChI is InChI=1S/C22H20N2O4/c1-14-8-10-18(11-9-14)24-21(26)20(16-6-4-3-5-7-16)28-22(27)19-12-17(13-23-19)15(2)25/h3-13,20,23H,1-2H3,(H,24,26)/t20-/m0/s1. The molecule has 1 atom stereocenters. The molecule has 1 aromatic heterocycles. The second-order valence-electron chi connectivity index (χ2n) is 6.41. The molecular weight excluding hydrogens is 356 g/mol. The molecule has 0 saturated heterocycles. The predicted molar refractivity (Wildman–Crippen MR) is 105 cm³/mol. The van der Waals surface area contributed by atoms with E-state index < -0.39 is 18.0 Å². The molecule has 0 unspecified atom stereocenters. The summed E-state index contributed by atoms with van der Waals surface area (Å²) in [5.41, 5.74) is 2.68. The summed E-state index contributed by atoms with van der Waals surface area (Å²) in [4.78, 5) is 39.5. The molecule has 0 aliphatic rings. The van der Waals surface area contributed by atoms with Gasteiger partial charge in [0, 0.05) is 23.0 Å². The van der Waals surface area contributed by atoms with E-state index in [4.69, 9.17) is 4.74 Å². The number of H-pyrrole nitrogens is 1. The average Bonchev–Trinajstić information content (AvgIpc) is 3.19. The number of nitrogens with one attached hydrogen (secondary N) is 2. The quantitative estimate of drug-likeness (QED) is 0.501. The van der Waals surface area contributed by atoms with Crippen molar-refractivity contribution in [1.29, 1.82) is 0 Å². The smallest absolute Gasteiger partial charge is 0.355 e. The molecule has 0 radical (unpaired) electrons. The van der Waals surface area contributed by atoms with Gasteiger partial charge in [0.2, 0.25) is 6.10 Å². The second-order valence-corrected chi connectivity index (χ2v) is 6.41. The lowest BCUT2D eigenvalue weighted by Crippen LogP contribution is -2.26. The van der Waals surface area contributed by atoms with E-state index in [-0.39, 0.29) is 11.5 Å². The van der Waals surface area contributed by atoms with Crippen LogP contribution < -0.4 is 5.32 Å². The van der Waals surface area contributed by atoms with E-state index >= 15 is 0 Å². The number of Topliss-reactive ketones (excluding diaryl/α,β-unsaturated/α-hetero) is 1. The summed E-state index contributed by atoms with van der Waals surface area (Å²) < 4.78 is 5.48. The fourth-order valence-electron chi connectivity index (χ4n) is 2.63. The van der Waals surface area contributed by atoms with E-state index in [0.29, 0.717) is 16.8 Å². The Balaban J connectivity index is 1.82. The number of ether oxygens (including phenoxy) is 1. The lowest BCUT2D eigenvalue weighted by atomic mass is 10.1. The van der Waals surface area contributed by atoms with Crippen LogP contribution in [0, 0.1) is 6.92 Å². The van der Waals surface area contributed by atoms with E-state index in [2.05, 4.69) is 10.3 Å². The maximum atomic E-state index is 12.8. The molecule has 0 aliphatic carbocycles. The van der Waals surface area contributed by atoms with Gasteiger partial charge < -0.3 is 15.0 Å². The van der Waals surface area contributed by atoms with Crippen molar-refractivity contribution < 1.29 is 19.1 Å². The Labute approximate surface area is 162 Å². The van der Waals surface area contributed by atoms with Crippen LogP contribution in [0.2, 0.25) is 0 Å². The number of hydrogen-bond donors (Lipinski definition) is 2.